The van der Waals surface area contributed by atoms with Gasteiger partial charge in [0.25, 0.3) is 0 Å². The molecule has 0 spiro atoms. The molecule has 2 heteroatoms. The van der Waals surface area contributed by atoms with Crippen LogP contribution in [0.25, 0.3) is 0 Å². The number of hydrogen-bond acceptors (Lipinski definition) is 2. The smallest absolute Gasteiger partial charge is 0.0127 e. The van der Waals surface area contributed by atoms with Crippen LogP contribution in [0.15, 0.2) is 0 Å². The van der Waals surface area contributed by atoms with E-state index in [1.54, 1.807) is 0 Å². The van der Waals surface area contributed by atoms with E-state index in [1.165, 1.54) is 13.1 Å². The van der Waals surface area contributed by atoms with Gasteiger partial charge in [-0.05, 0) is 24.9 Å². The molecule has 2 rings (SSSR count). The van der Waals surface area contributed by atoms with Gasteiger partial charge in [-0.1, -0.05) is 0 Å². The van der Waals surface area contributed by atoms with Crippen molar-refractivity contribution < 1.29 is 0 Å². The molecule has 1 aliphatic carbocycles. The summed E-state index contributed by atoms with van der Waals surface area (Å²) in [6.07, 6.45) is 0. The van der Waals surface area contributed by atoms with E-state index < -0.39 is 0 Å². The number of nitrogens with two attached hydrogens (primary N) is 1. The molecule has 0 bridgehead atoms. The summed E-state index contributed by atoms with van der Waals surface area (Å²) in [5, 5.41) is 3.27. The van der Waals surface area contributed by atoms with Crippen LogP contribution in [0.1, 0.15) is 0 Å². The lowest BCUT2D eigenvalue weighted by Crippen LogP contribution is -2.21. The monoisotopic (exact) mass is 98.1 g/mol. The van der Waals surface area contributed by atoms with E-state index >= 15 is 0 Å². The van der Waals surface area contributed by atoms with Crippen molar-refractivity contribution in [3.05, 3.63) is 0 Å². The first kappa shape index (κ1) is 3.87. The fourth-order valence-electron chi connectivity index (χ4n) is 1.47. The van der Waals surface area contributed by atoms with Crippen molar-refractivity contribution >= 4 is 0 Å². The van der Waals surface area contributed by atoms with Gasteiger partial charge in [-0.25, -0.2) is 0 Å². The fourth-order valence-corrected chi connectivity index (χ4v) is 1.47. The van der Waals surface area contributed by atoms with Crippen molar-refractivity contribution in [1.82, 2.24) is 5.32 Å². The first-order valence-corrected chi connectivity index (χ1v) is 2.86. The molecule has 40 valence electrons. The Morgan fingerprint density at radius 2 is 1.86 bits per heavy atom. The highest BCUT2D eigenvalue weighted by molar-refractivity contribution is 5.07. The van der Waals surface area contributed by atoms with Crippen molar-refractivity contribution in [2.75, 3.05) is 13.1 Å². The maximum atomic E-state index is 5.63. The molecule has 1 heterocycles. The van der Waals surface area contributed by atoms with Gasteiger partial charge in [-0.2, -0.15) is 0 Å². The van der Waals surface area contributed by atoms with Crippen LogP contribution in [0.5, 0.6) is 0 Å². The third-order valence-electron chi connectivity index (χ3n) is 2.16. The van der Waals surface area contributed by atoms with Crippen LogP contribution in [-0.4, -0.2) is 19.1 Å². The van der Waals surface area contributed by atoms with Crippen molar-refractivity contribution in [2.24, 2.45) is 17.6 Å². The summed E-state index contributed by atoms with van der Waals surface area (Å²) in [6.45, 7) is 2.34. The van der Waals surface area contributed by atoms with Gasteiger partial charge in [-0.3, -0.25) is 0 Å². The van der Waals surface area contributed by atoms with Gasteiger partial charge in [-0.15, -0.1) is 0 Å². The standard InChI is InChI=1S/C5H10N2/c6-5-3-1-7-2-4(3)5/h3-5,7H,1-2,6H2/t3-,4?,5?/m0/s1. The molecule has 1 aliphatic heterocycles. The van der Waals surface area contributed by atoms with Gasteiger partial charge >= 0.3 is 0 Å². The Hall–Kier alpha value is -0.0800. The molecule has 7 heavy (non-hydrogen) atoms. The minimum absolute atomic E-state index is 0.557. The third kappa shape index (κ3) is 0.359. The largest absolute Gasteiger partial charge is 0.327 e. The Morgan fingerprint density at radius 3 is 2.14 bits per heavy atom. The van der Waals surface area contributed by atoms with Crippen molar-refractivity contribution in [2.45, 2.75) is 6.04 Å². The molecule has 2 aliphatic rings. The van der Waals surface area contributed by atoms with Crippen LogP contribution in [-0.2, 0) is 0 Å². The van der Waals surface area contributed by atoms with E-state index in [9.17, 15) is 0 Å². The Bertz CT molecular complexity index is 82.1. The van der Waals surface area contributed by atoms with E-state index in [4.69, 9.17) is 5.73 Å². The average Bonchev–Trinajstić information content (AvgIpc) is 2.26. The van der Waals surface area contributed by atoms with Gasteiger partial charge in [0.15, 0.2) is 0 Å². The van der Waals surface area contributed by atoms with Crippen molar-refractivity contribution in [3.8, 4) is 0 Å². The number of fused-ring (bicyclic) bond motifs is 1. The summed E-state index contributed by atoms with van der Waals surface area (Å²) in [5.74, 6) is 1.69. The molecule has 2 nitrogen and oxygen atoms in total. The predicted octanol–water partition coefficient (Wildman–Crippen LogP) is -0.837. The molecule has 0 aromatic heterocycles. The Kier molecular flexibility index (Phi) is 0.557. The molecule has 2 fully saturated rings. The second-order valence-corrected chi connectivity index (χ2v) is 2.56. The van der Waals surface area contributed by atoms with E-state index in [-0.39, 0.29) is 0 Å². The van der Waals surface area contributed by atoms with Crippen LogP contribution in [0.4, 0.5) is 0 Å². The normalized spacial score (nSPS) is 57.0. The lowest BCUT2D eigenvalue weighted by atomic mass is 10.4. The second-order valence-electron chi connectivity index (χ2n) is 2.56. The van der Waals surface area contributed by atoms with Gasteiger partial charge in [0.05, 0.1) is 0 Å². The molecule has 3 atom stereocenters. The molecular weight excluding hydrogens is 88.1 g/mol. The Morgan fingerprint density at radius 1 is 1.29 bits per heavy atom. The lowest BCUT2D eigenvalue weighted by Gasteiger charge is -1.94. The minimum Gasteiger partial charge on any atom is -0.327 e. The van der Waals surface area contributed by atoms with Crippen molar-refractivity contribution in [1.29, 1.82) is 0 Å². The molecule has 0 aromatic rings. The highest BCUT2D eigenvalue weighted by Crippen LogP contribution is 2.39. The fraction of sp³-hybridized carbons (Fsp3) is 1.00. The van der Waals surface area contributed by atoms with E-state index in [2.05, 4.69) is 5.32 Å². The number of piperidine rings is 1. The molecule has 0 amide bonds. The lowest BCUT2D eigenvalue weighted by molar-refractivity contribution is 0.677. The summed E-state index contributed by atoms with van der Waals surface area (Å²) < 4.78 is 0. The van der Waals surface area contributed by atoms with Gasteiger partial charge < -0.3 is 11.1 Å². The molecule has 0 radical (unpaired) electrons. The zero-order valence-electron chi connectivity index (χ0n) is 4.22. The summed E-state index contributed by atoms with van der Waals surface area (Å²) >= 11 is 0. The maximum absolute atomic E-state index is 5.63. The summed E-state index contributed by atoms with van der Waals surface area (Å²) in [5.41, 5.74) is 5.63. The summed E-state index contributed by atoms with van der Waals surface area (Å²) in [7, 11) is 0. The summed E-state index contributed by atoms with van der Waals surface area (Å²) in [6, 6.07) is 0.557. The zero-order valence-corrected chi connectivity index (χ0v) is 4.22. The third-order valence-corrected chi connectivity index (χ3v) is 2.16. The molecule has 0 aromatic carbocycles. The molecule has 3 N–H and O–H groups in total. The van der Waals surface area contributed by atoms with E-state index in [1.807, 2.05) is 0 Å². The first-order valence-electron chi connectivity index (χ1n) is 2.86. The van der Waals surface area contributed by atoms with Gasteiger partial charge in [0.1, 0.15) is 0 Å². The topological polar surface area (TPSA) is 38.0 Å². The Labute approximate surface area is 43.1 Å². The average molecular weight is 98.1 g/mol. The number of rotatable bonds is 0. The van der Waals surface area contributed by atoms with Crippen LogP contribution in [0.3, 0.4) is 0 Å². The van der Waals surface area contributed by atoms with Crippen LogP contribution in [0, 0.1) is 11.8 Å². The predicted molar refractivity (Wildman–Crippen MR) is 27.8 cm³/mol. The maximum Gasteiger partial charge on any atom is 0.0127 e. The van der Waals surface area contributed by atoms with Crippen LogP contribution < -0.4 is 11.1 Å². The van der Waals surface area contributed by atoms with E-state index in [0.717, 1.165) is 11.8 Å². The summed E-state index contributed by atoms with van der Waals surface area (Å²) in [4.78, 5) is 0. The molecule has 2 unspecified atom stereocenters. The zero-order chi connectivity index (χ0) is 4.85. The van der Waals surface area contributed by atoms with Crippen LogP contribution in [0.2, 0.25) is 0 Å². The first-order chi connectivity index (χ1) is 3.39. The van der Waals surface area contributed by atoms with Crippen molar-refractivity contribution in [3.63, 3.8) is 0 Å². The van der Waals surface area contributed by atoms with Crippen LogP contribution >= 0.6 is 0 Å². The van der Waals surface area contributed by atoms with E-state index in [0.29, 0.717) is 6.04 Å². The molecule has 1 saturated heterocycles. The highest BCUT2D eigenvalue weighted by atomic mass is 15.0. The highest BCUT2D eigenvalue weighted by Gasteiger charge is 2.50. The number of hydrogen-bond donors (Lipinski definition) is 2. The Balaban J connectivity index is 2.06. The number of nitrogens with one attached hydrogen (secondary N) is 1. The second kappa shape index (κ2) is 1.01. The SMILES string of the molecule is NC1C2CNC[C@H]12. The minimum atomic E-state index is 0.557. The van der Waals surface area contributed by atoms with Gasteiger partial charge in [0.2, 0.25) is 0 Å². The molecular formula is C5H10N2. The quantitative estimate of drug-likeness (QED) is 0.414. The van der Waals surface area contributed by atoms with Gasteiger partial charge in [0, 0.05) is 6.04 Å². The molecule has 1 saturated carbocycles.